The molecule has 1 aromatic carbocycles. The first kappa shape index (κ1) is 18.7. The van der Waals surface area contributed by atoms with Crippen molar-refractivity contribution in [1.29, 1.82) is 0 Å². The van der Waals surface area contributed by atoms with Gasteiger partial charge in [0.2, 0.25) is 0 Å². The minimum absolute atomic E-state index is 0.00974. The summed E-state index contributed by atoms with van der Waals surface area (Å²) in [7, 11) is 1.64. The Bertz CT molecular complexity index is 1160. The molecule has 3 heterocycles. The van der Waals surface area contributed by atoms with E-state index in [1.807, 2.05) is 4.90 Å². The van der Waals surface area contributed by atoms with Crippen LogP contribution in [0.4, 0.5) is 20.2 Å². The van der Waals surface area contributed by atoms with Crippen LogP contribution < -0.4 is 10.5 Å². The van der Waals surface area contributed by atoms with Crippen LogP contribution in [0.5, 0.6) is 5.75 Å². The number of anilines is 2. The Kier molecular flexibility index (Phi) is 4.50. The maximum atomic E-state index is 13.4. The van der Waals surface area contributed by atoms with Crippen LogP contribution in [-0.2, 0) is 13.5 Å². The second kappa shape index (κ2) is 6.74. The van der Waals surface area contributed by atoms with E-state index in [1.54, 1.807) is 26.1 Å². The van der Waals surface area contributed by atoms with Gasteiger partial charge in [-0.1, -0.05) is 11.6 Å². The van der Waals surface area contributed by atoms with Crippen molar-refractivity contribution in [1.82, 2.24) is 9.55 Å². The second-order valence-electron chi connectivity index (χ2n) is 6.98. The van der Waals surface area contributed by atoms with Crippen LogP contribution in [-0.4, -0.2) is 21.2 Å². The number of aryl methyl sites for hydroxylation is 3. The van der Waals surface area contributed by atoms with Gasteiger partial charge in [0.25, 0.3) is 12.0 Å². The van der Waals surface area contributed by atoms with Crippen LogP contribution in [0, 0.1) is 6.92 Å². The standard InChI is InChI=1S/C20H18ClF2N3O2/c1-10-6-12-15(25(2)20(10)28)7-11(27)8-16(12)26-5-3-4-14-17(26)9-13(19(22)23)18(21)24-14/h6-9,19,27H,3-5H2,1-2H3. The number of halogens is 3. The fourth-order valence-corrected chi connectivity index (χ4v) is 4.02. The predicted octanol–water partition coefficient (Wildman–Crippen LogP) is 4.62. The molecule has 4 rings (SSSR count). The maximum Gasteiger partial charge on any atom is 0.266 e. The van der Waals surface area contributed by atoms with Gasteiger partial charge in [0, 0.05) is 36.7 Å². The first-order chi connectivity index (χ1) is 13.3. The number of aromatic hydroxyl groups is 1. The molecule has 1 aliphatic heterocycles. The van der Waals surface area contributed by atoms with E-state index in [-0.39, 0.29) is 22.0 Å². The van der Waals surface area contributed by atoms with Gasteiger partial charge in [0.05, 0.1) is 28.1 Å². The normalized spacial score (nSPS) is 14.0. The molecule has 0 unspecified atom stereocenters. The Morgan fingerprint density at radius 3 is 2.68 bits per heavy atom. The summed E-state index contributed by atoms with van der Waals surface area (Å²) in [4.78, 5) is 18.3. The molecule has 1 aliphatic rings. The van der Waals surface area contributed by atoms with Crippen molar-refractivity contribution in [2.75, 3.05) is 11.4 Å². The van der Waals surface area contributed by atoms with E-state index in [0.717, 1.165) is 11.8 Å². The van der Waals surface area contributed by atoms with E-state index >= 15 is 0 Å². The van der Waals surface area contributed by atoms with Crippen LogP contribution in [0.2, 0.25) is 5.15 Å². The highest BCUT2D eigenvalue weighted by atomic mass is 35.5. The van der Waals surface area contributed by atoms with Gasteiger partial charge in [-0.3, -0.25) is 4.79 Å². The molecule has 0 atom stereocenters. The number of benzene rings is 1. The van der Waals surface area contributed by atoms with Crippen molar-refractivity contribution < 1.29 is 13.9 Å². The Labute approximate surface area is 164 Å². The fraction of sp³-hybridized carbons (Fsp3) is 0.300. The van der Waals surface area contributed by atoms with E-state index in [4.69, 9.17) is 11.6 Å². The number of rotatable bonds is 2. The SMILES string of the molecule is Cc1cc2c(N3CCCc4nc(Cl)c(C(F)F)cc43)cc(O)cc2n(C)c1=O. The van der Waals surface area contributed by atoms with Crippen molar-refractivity contribution in [2.24, 2.45) is 7.05 Å². The molecule has 0 saturated carbocycles. The summed E-state index contributed by atoms with van der Waals surface area (Å²) >= 11 is 5.94. The molecule has 8 heteroatoms. The first-order valence-corrected chi connectivity index (χ1v) is 9.24. The molecule has 146 valence electrons. The van der Waals surface area contributed by atoms with Crippen LogP contribution in [0.15, 0.2) is 29.1 Å². The summed E-state index contributed by atoms with van der Waals surface area (Å²) in [5.74, 6) is -0.00974. The van der Waals surface area contributed by atoms with Gasteiger partial charge in [-0.2, -0.15) is 0 Å². The molecule has 0 amide bonds. The van der Waals surface area contributed by atoms with E-state index in [1.165, 1.54) is 16.7 Å². The zero-order chi connectivity index (χ0) is 20.2. The van der Waals surface area contributed by atoms with E-state index in [0.29, 0.717) is 41.1 Å². The maximum absolute atomic E-state index is 13.4. The van der Waals surface area contributed by atoms with Crippen LogP contribution in [0.25, 0.3) is 10.9 Å². The van der Waals surface area contributed by atoms with Crippen LogP contribution in [0.1, 0.15) is 29.7 Å². The van der Waals surface area contributed by atoms with Crippen molar-refractivity contribution in [3.05, 3.63) is 56.6 Å². The number of phenolic OH excluding ortho intramolecular Hbond substituents is 1. The predicted molar refractivity (Wildman–Crippen MR) is 105 cm³/mol. The Morgan fingerprint density at radius 1 is 1.21 bits per heavy atom. The molecule has 1 N–H and O–H groups in total. The van der Waals surface area contributed by atoms with Gasteiger partial charge in [-0.15, -0.1) is 0 Å². The third kappa shape index (κ3) is 2.90. The summed E-state index contributed by atoms with van der Waals surface area (Å²) in [5.41, 5.74) is 2.47. The lowest BCUT2D eigenvalue weighted by Gasteiger charge is -2.32. The highest BCUT2D eigenvalue weighted by Crippen LogP contribution is 2.41. The van der Waals surface area contributed by atoms with Gasteiger partial charge >= 0.3 is 0 Å². The average molecular weight is 406 g/mol. The molecular weight excluding hydrogens is 388 g/mol. The Balaban J connectivity index is 2.01. The first-order valence-electron chi connectivity index (χ1n) is 8.86. The van der Waals surface area contributed by atoms with E-state index < -0.39 is 6.43 Å². The van der Waals surface area contributed by atoms with Gasteiger partial charge in [0.1, 0.15) is 10.9 Å². The zero-order valence-electron chi connectivity index (χ0n) is 15.3. The molecule has 0 aliphatic carbocycles. The molecule has 0 bridgehead atoms. The Morgan fingerprint density at radius 2 is 1.96 bits per heavy atom. The molecule has 0 saturated heterocycles. The van der Waals surface area contributed by atoms with Crippen molar-refractivity contribution >= 4 is 33.9 Å². The molecule has 0 spiro atoms. The molecule has 2 aromatic heterocycles. The topological polar surface area (TPSA) is 58.4 Å². The summed E-state index contributed by atoms with van der Waals surface area (Å²) in [6, 6.07) is 6.24. The summed E-state index contributed by atoms with van der Waals surface area (Å²) < 4.78 is 28.2. The average Bonchev–Trinajstić information content (AvgIpc) is 2.65. The minimum Gasteiger partial charge on any atom is -0.508 e. The third-order valence-corrected chi connectivity index (χ3v) is 5.46. The van der Waals surface area contributed by atoms with Crippen molar-refractivity contribution in [3.8, 4) is 5.75 Å². The number of hydrogen-bond donors (Lipinski definition) is 1. The van der Waals surface area contributed by atoms with E-state index in [9.17, 15) is 18.7 Å². The summed E-state index contributed by atoms with van der Waals surface area (Å²) in [6.07, 6.45) is -1.35. The molecular formula is C20H18ClF2N3O2. The quantitative estimate of drug-likeness (QED) is 0.632. The lowest BCUT2D eigenvalue weighted by molar-refractivity contribution is 0.151. The minimum atomic E-state index is -2.74. The van der Waals surface area contributed by atoms with Crippen LogP contribution in [0.3, 0.4) is 0 Å². The second-order valence-corrected chi connectivity index (χ2v) is 7.34. The number of phenols is 1. The van der Waals surface area contributed by atoms with Crippen LogP contribution >= 0.6 is 11.6 Å². The highest BCUT2D eigenvalue weighted by Gasteiger charge is 2.26. The summed E-state index contributed by atoms with van der Waals surface area (Å²) in [5, 5.41) is 10.8. The monoisotopic (exact) mass is 405 g/mol. The lowest BCUT2D eigenvalue weighted by Crippen LogP contribution is -2.27. The van der Waals surface area contributed by atoms with Gasteiger partial charge in [-0.05, 0) is 31.9 Å². The lowest BCUT2D eigenvalue weighted by atomic mass is 10.0. The van der Waals surface area contributed by atoms with E-state index in [2.05, 4.69) is 4.98 Å². The molecule has 0 radical (unpaired) electrons. The number of fused-ring (bicyclic) bond motifs is 2. The van der Waals surface area contributed by atoms with Gasteiger partial charge in [-0.25, -0.2) is 13.8 Å². The number of aromatic nitrogens is 2. The molecule has 0 fully saturated rings. The van der Waals surface area contributed by atoms with Crippen molar-refractivity contribution in [2.45, 2.75) is 26.2 Å². The molecule has 3 aromatic rings. The fourth-order valence-electron chi connectivity index (χ4n) is 3.79. The number of hydrogen-bond acceptors (Lipinski definition) is 4. The number of pyridine rings is 2. The molecule has 5 nitrogen and oxygen atoms in total. The number of nitrogens with zero attached hydrogens (tertiary/aromatic N) is 3. The number of alkyl halides is 2. The zero-order valence-corrected chi connectivity index (χ0v) is 16.1. The highest BCUT2D eigenvalue weighted by molar-refractivity contribution is 6.30. The largest absolute Gasteiger partial charge is 0.508 e. The third-order valence-electron chi connectivity index (χ3n) is 5.16. The molecule has 28 heavy (non-hydrogen) atoms. The smallest absolute Gasteiger partial charge is 0.266 e. The summed E-state index contributed by atoms with van der Waals surface area (Å²) in [6.45, 7) is 2.29. The van der Waals surface area contributed by atoms with Gasteiger partial charge < -0.3 is 14.6 Å². The van der Waals surface area contributed by atoms with Crippen molar-refractivity contribution in [3.63, 3.8) is 0 Å². The van der Waals surface area contributed by atoms with Gasteiger partial charge in [0.15, 0.2) is 0 Å². The Hall–Kier alpha value is -2.67.